The molecule has 1 aliphatic heterocycles. The number of halogens is 1. The van der Waals surface area contributed by atoms with Gasteiger partial charge in [-0.1, -0.05) is 5.21 Å². The minimum Gasteiger partial charge on any atom is -0.481 e. The van der Waals surface area contributed by atoms with E-state index in [4.69, 9.17) is 5.11 Å². The molecular weight excluding hydrogens is 587 g/mol. The topological polar surface area (TPSA) is 241 Å². The van der Waals surface area contributed by atoms with E-state index in [-0.39, 0.29) is 55.1 Å². The number of urea groups is 1. The number of carbonyl (C=O) groups excluding carboxylic acids is 2. The summed E-state index contributed by atoms with van der Waals surface area (Å²) in [7, 11) is 0. The Morgan fingerprint density at radius 3 is 2.16 bits per heavy atom. The predicted octanol–water partition coefficient (Wildman–Crippen LogP) is 1.18. The van der Waals surface area contributed by atoms with Gasteiger partial charge in [-0.3, -0.25) is 14.0 Å². The molecule has 0 aliphatic carbocycles. The average molecular weight is 621 g/mol. The number of hydrogen-bond acceptors (Lipinski definition) is 8. The number of rotatable bonds is 15. The molecule has 3 amide bonds. The highest BCUT2D eigenvalue weighted by molar-refractivity contribution is 5.98. The molecule has 17 heteroatoms. The van der Waals surface area contributed by atoms with E-state index in [0.29, 0.717) is 25.0 Å². The third-order valence-corrected chi connectivity index (χ3v) is 7.11. The zero-order chi connectivity index (χ0) is 32.4. The van der Waals surface area contributed by atoms with Gasteiger partial charge in [-0.15, -0.1) is 5.10 Å². The molecular formula is C27H33FN6O10. The molecule has 0 bridgehead atoms. The van der Waals surface area contributed by atoms with E-state index < -0.39 is 61.0 Å². The van der Waals surface area contributed by atoms with Gasteiger partial charge in [0.15, 0.2) is 0 Å². The summed E-state index contributed by atoms with van der Waals surface area (Å²) >= 11 is 0. The van der Waals surface area contributed by atoms with Crippen molar-refractivity contribution in [1.29, 1.82) is 0 Å². The van der Waals surface area contributed by atoms with Crippen LogP contribution in [0.5, 0.6) is 0 Å². The standard InChI is InChI=1S/C27H33FN6O10/c28-7-1-2-18-14-34(32-31-18)19-12-16(11-17(13-19)24(38)39)23(37)33-8-5-15(6-9-33)10-21(26(42)43)30-27(44)29-20(25(40)41)3-4-22(35)36/h11-15,20-21H,1-10H2,(H,35,36)(H,38,39)(H,40,41)(H,42,43)(H2,29,30,44)/t20-,21+/m0/s1. The normalized spacial score (nSPS) is 14.8. The fourth-order valence-electron chi connectivity index (χ4n) is 4.77. The van der Waals surface area contributed by atoms with E-state index >= 15 is 0 Å². The smallest absolute Gasteiger partial charge is 0.335 e. The number of alkyl halides is 1. The maximum Gasteiger partial charge on any atom is 0.335 e. The van der Waals surface area contributed by atoms with Gasteiger partial charge in [0.05, 0.1) is 29.8 Å². The van der Waals surface area contributed by atoms with Crippen LogP contribution in [0.25, 0.3) is 5.69 Å². The van der Waals surface area contributed by atoms with Crippen molar-refractivity contribution >= 4 is 35.8 Å². The molecule has 2 aromatic rings. The molecule has 1 aromatic carbocycles. The molecule has 2 atom stereocenters. The van der Waals surface area contributed by atoms with Crippen LogP contribution in [0.15, 0.2) is 24.4 Å². The summed E-state index contributed by atoms with van der Waals surface area (Å²) in [5.41, 5.74) is 0.730. The van der Waals surface area contributed by atoms with Crippen LogP contribution in [0, 0.1) is 5.92 Å². The van der Waals surface area contributed by atoms with Crippen LogP contribution in [-0.2, 0) is 20.8 Å². The Morgan fingerprint density at radius 1 is 0.932 bits per heavy atom. The second kappa shape index (κ2) is 15.4. The molecule has 1 aliphatic rings. The number of aromatic nitrogens is 3. The minimum atomic E-state index is -1.53. The Morgan fingerprint density at radius 2 is 1.57 bits per heavy atom. The zero-order valence-corrected chi connectivity index (χ0v) is 23.5. The molecule has 0 saturated carbocycles. The van der Waals surface area contributed by atoms with E-state index in [9.17, 15) is 48.5 Å². The van der Waals surface area contributed by atoms with Crippen molar-refractivity contribution in [1.82, 2.24) is 30.5 Å². The van der Waals surface area contributed by atoms with Gasteiger partial charge in [0, 0.05) is 25.1 Å². The number of carbonyl (C=O) groups is 6. The van der Waals surface area contributed by atoms with Crippen LogP contribution in [0.3, 0.4) is 0 Å². The third kappa shape index (κ3) is 9.47. The SMILES string of the molecule is O=C(O)CC[C@H](NC(=O)N[C@H](CC1CCN(C(=O)c2cc(C(=O)O)cc(-n3cc(CCCF)nn3)c2)CC1)C(=O)O)C(=O)O. The lowest BCUT2D eigenvalue weighted by atomic mass is 9.90. The van der Waals surface area contributed by atoms with Crippen LogP contribution in [0.2, 0.25) is 0 Å². The molecule has 1 aromatic heterocycles. The molecule has 1 saturated heterocycles. The second-order valence-electron chi connectivity index (χ2n) is 10.3. The van der Waals surface area contributed by atoms with Crippen molar-refractivity contribution in [2.75, 3.05) is 19.8 Å². The first-order valence-electron chi connectivity index (χ1n) is 13.8. The second-order valence-corrected chi connectivity index (χ2v) is 10.3. The summed E-state index contributed by atoms with van der Waals surface area (Å²) < 4.78 is 13.8. The number of likely N-dealkylation sites (tertiary alicyclic amines) is 1. The quantitative estimate of drug-likeness (QED) is 0.164. The third-order valence-electron chi connectivity index (χ3n) is 7.11. The summed E-state index contributed by atoms with van der Waals surface area (Å²) in [6.45, 7) is -0.0772. The molecule has 16 nitrogen and oxygen atoms in total. The van der Waals surface area contributed by atoms with Gasteiger partial charge in [-0.2, -0.15) is 0 Å². The Bertz CT molecular complexity index is 1390. The molecule has 6 N–H and O–H groups in total. The number of carboxylic acids is 4. The fraction of sp³-hybridized carbons (Fsp3) is 0.481. The summed E-state index contributed by atoms with van der Waals surface area (Å²) in [6, 6.07) is 0.0766. The average Bonchev–Trinajstić information content (AvgIpc) is 3.46. The van der Waals surface area contributed by atoms with Gasteiger partial charge in [-0.25, -0.2) is 23.9 Å². The number of benzene rings is 1. The number of nitrogens with zero attached hydrogens (tertiary/aromatic N) is 4. The van der Waals surface area contributed by atoms with Crippen LogP contribution in [-0.4, -0.2) is 108 Å². The first-order valence-corrected chi connectivity index (χ1v) is 13.8. The van der Waals surface area contributed by atoms with E-state index in [1.165, 1.54) is 34.0 Å². The zero-order valence-electron chi connectivity index (χ0n) is 23.5. The lowest BCUT2D eigenvalue weighted by molar-refractivity contribution is -0.141. The van der Waals surface area contributed by atoms with Crippen LogP contribution >= 0.6 is 0 Å². The van der Waals surface area contributed by atoms with Gasteiger partial charge in [-0.05, 0) is 62.6 Å². The minimum absolute atomic E-state index is 0.00661. The van der Waals surface area contributed by atoms with Crippen molar-refractivity contribution in [2.24, 2.45) is 5.92 Å². The van der Waals surface area contributed by atoms with Crippen molar-refractivity contribution in [2.45, 2.75) is 57.0 Å². The van der Waals surface area contributed by atoms with Gasteiger partial charge >= 0.3 is 29.9 Å². The van der Waals surface area contributed by atoms with Gasteiger partial charge < -0.3 is 36.0 Å². The Balaban J connectivity index is 1.62. The molecule has 238 valence electrons. The van der Waals surface area contributed by atoms with E-state index in [1.807, 2.05) is 0 Å². The lowest BCUT2D eigenvalue weighted by Gasteiger charge is -2.33. The fourth-order valence-corrected chi connectivity index (χ4v) is 4.77. The van der Waals surface area contributed by atoms with Gasteiger partial charge in [0.1, 0.15) is 12.1 Å². The number of piperidine rings is 1. The predicted molar refractivity (Wildman–Crippen MR) is 147 cm³/mol. The summed E-state index contributed by atoms with van der Waals surface area (Å²) in [5, 5.41) is 49.4. The summed E-state index contributed by atoms with van der Waals surface area (Å²) in [5.74, 6) is -6.00. The van der Waals surface area contributed by atoms with Crippen molar-refractivity contribution < 1.29 is 53.6 Å². The first kappa shape index (κ1) is 33.4. The summed E-state index contributed by atoms with van der Waals surface area (Å²) in [4.78, 5) is 72.8. The number of aryl methyl sites for hydroxylation is 1. The van der Waals surface area contributed by atoms with Crippen LogP contribution < -0.4 is 10.6 Å². The molecule has 2 heterocycles. The van der Waals surface area contributed by atoms with Gasteiger partial charge in [0.25, 0.3) is 5.91 Å². The molecule has 0 radical (unpaired) electrons. The number of carboxylic acid groups (broad SMARTS) is 4. The number of amides is 3. The first-order chi connectivity index (χ1) is 20.9. The van der Waals surface area contributed by atoms with E-state index in [0.717, 1.165) is 0 Å². The number of aromatic carboxylic acids is 1. The maximum absolute atomic E-state index is 13.3. The molecule has 44 heavy (non-hydrogen) atoms. The monoisotopic (exact) mass is 620 g/mol. The highest BCUT2D eigenvalue weighted by atomic mass is 19.1. The van der Waals surface area contributed by atoms with Crippen LogP contribution in [0.4, 0.5) is 9.18 Å². The van der Waals surface area contributed by atoms with Crippen molar-refractivity contribution in [3.05, 3.63) is 41.2 Å². The number of hydrogen-bond donors (Lipinski definition) is 6. The highest BCUT2D eigenvalue weighted by Crippen LogP contribution is 2.25. The molecule has 1 fully saturated rings. The van der Waals surface area contributed by atoms with E-state index in [1.54, 1.807) is 0 Å². The highest BCUT2D eigenvalue weighted by Gasteiger charge is 2.30. The van der Waals surface area contributed by atoms with Gasteiger partial charge in [0.2, 0.25) is 0 Å². The van der Waals surface area contributed by atoms with Crippen molar-refractivity contribution in [3.63, 3.8) is 0 Å². The molecule has 3 rings (SSSR count). The lowest BCUT2D eigenvalue weighted by Crippen LogP contribution is -2.52. The summed E-state index contributed by atoms with van der Waals surface area (Å²) in [6.07, 6.45) is 1.97. The Kier molecular flexibility index (Phi) is 11.7. The number of aliphatic carboxylic acids is 3. The Labute approximate surface area is 249 Å². The maximum atomic E-state index is 13.3. The van der Waals surface area contributed by atoms with E-state index in [2.05, 4.69) is 20.9 Å². The van der Waals surface area contributed by atoms with Crippen molar-refractivity contribution in [3.8, 4) is 5.69 Å². The molecule has 0 unspecified atom stereocenters. The number of nitrogens with one attached hydrogen (secondary N) is 2. The largest absolute Gasteiger partial charge is 0.481 e. The Hall–Kier alpha value is -5.09. The molecule has 0 spiro atoms. The van der Waals surface area contributed by atoms with Crippen LogP contribution in [0.1, 0.15) is 64.9 Å².